The summed E-state index contributed by atoms with van der Waals surface area (Å²) in [6.07, 6.45) is 1.75. The van der Waals surface area contributed by atoms with Crippen molar-refractivity contribution in [2.24, 2.45) is 0 Å². The monoisotopic (exact) mass is 559 g/mol. The first-order chi connectivity index (χ1) is 19.3. The highest BCUT2D eigenvalue weighted by Crippen LogP contribution is 2.47. The Bertz CT molecular complexity index is 1590. The summed E-state index contributed by atoms with van der Waals surface area (Å²) in [4.78, 5) is 18.3. The van der Waals surface area contributed by atoms with Crippen LogP contribution in [0.5, 0.6) is 17.2 Å². The zero-order valence-corrected chi connectivity index (χ0v) is 23.6. The SMILES string of the molecule is COc1ccc(OC)c(N2C(=S)N[C@@H](c3ccccn3)[C@H]2c2cc(C)n(-c3ccc(OC)cc3[N+](=O)[O-])c2C)c1. The molecule has 11 heteroatoms. The van der Waals surface area contributed by atoms with Gasteiger partial charge in [0.05, 0.1) is 55.8 Å². The number of methoxy groups -OCH3 is 3. The van der Waals surface area contributed by atoms with E-state index in [4.69, 9.17) is 26.4 Å². The molecule has 1 N–H and O–H groups in total. The molecule has 1 aliphatic heterocycles. The van der Waals surface area contributed by atoms with Gasteiger partial charge in [-0.25, -0.2) is 0 Å². The van der Waals surface area contributed by atoms with Crippen LogP contribution in [0.3, 0.4) is 0 Å². The van der Waals surface area contributed by atoms with E-state index < -0.39 is 4.92 Å². The molecule has 5 rings (SSSR count). The van der Waals surface area contributed by atoms with Crippen molar-refractivity contribution in [1.29, 1.82) is 0 Å². The minimum atomic E-state index is -0.396. The lowest BCUT2D eigenvalue weighted by atomic mass is 9.96. The molecule has 206 valence electrons. The molecule has 1 aliphatic rings. The maximum Gasteiger partial charge on any atom is 0.296 e. The molecule has 1 fully saturated rings. The zero-order valence-electron chi connectivity index (χ0n) is 22.7. The van der Waals surface area contributed by atoms with Crippen LogP contribution in [0.15, 0.2) is 66.9 Å². The number of ether oxygens (including phenoxy) is 3. The number of pyridine rings is 1. The summed E-state index contributed by atoms with van der Waals surface area (Å²) in [6, 6.07) is 17.5. The first-order valence-electron chi connectivity index (χ1n) is 12.5. The number of rotatable bonds is 8. The molecule has 0 spiro atoms. The number of aryl methyl sites for hydroxylation is 1. The lowest BCUT2D eigenvalue weighted by Crippen LogP contribution is -2.30. The predicted molar refractivity (Wildman–Crippen MR) is 156 cm³/mol. The van der Waals surface area contributed by atoms with E-state index in [9.17, 15) is 10.1 Å². The van der Waals surface area contributed by atoms with E-state index >= 15 is 0 Å². The zero-order chi connectivity index (χ0) is 28.6. The van der Waals surface area contributed by atoms with Crippen molar-refractivity contribution >= 4 is 28.7 Å². The van der Waals surface area contributed by atoms with Crippen molar-refractivity contribution in [3.63, 3.8) is 0 Å². The Balaban J connectivity index is 1.73. The van der Waals surface area contributed by atoms with Crippen molar-refractivity contribution in [3.8, 4) is 22.9 Å². The highest BCUT2D eigenvalue weighted by Gasteiger charge is 2.43. The Morgan fingerprint density at radius 2 is 1.68 bits per heavy atom. The highest BCUT2D eigenvalue weighted by atomic mass is 32.1. The van der Waals surface area contributed by atoms with E-state index in [1.54, 1.807) is 32.5 Å². The number of nitrogens with zero attached hydrogens (tertiary/aromatic N) is 4. The smallest absolute Gasteiger partial charge is 0.296 e. The number of thiocarbonyl (C=S) groups is 1. The second-order valence-electron chi connectivity index (χ2n) is 9.31. The normalized spacial score (nSPS) is 16.5. The minimum Gasteiger partial charge on any atom is -0.497 e. The van der Waals surface area contributed by atoms with Gasteiger partial charge in [-0.05, 0) is 74.1 Å². The lowest BCUT2D eigenvalue weighted by molar-refractivity contribution is -0.384. The van der Waals surface area contributed by atoms with Gasteiger partial charge in [0, 0.05) is 23.7 Å². The Labute approximate surface area is 237 Å². The van der Waals surface area contributed by atoms with Gasteiger partial charge in [0.2, 0.25) is 0 Å². The molecule has 2 aromatic carbocycles. The van der Waals surface area contributed by atoms with E-state index in [-0.39, 0.29) is 17.8 Å². The van der Waals surface area contributed by atoms with Crippen LogP contribution in [0.25, 0.3) is 5.69 Å². The summed E-state index contributed by atoms with van der Waals surface area (Å²) in [5, 5.41) is 16.0. The third-order valence-corrected chi connectivity index (χ3v) is 7.47. The van der Waals surface area contributed by atoms with E-state index in [1.165, 1.54) is 13.2 Å². The maximum atomic E-state index is 12.1. The Kier molecular flexibility index (Phi) is 7.31. The molecule has 0 unspecified atom stereocenters. The number of benzene rings is 2. The first-order valence-corrected chi connectivity index (χ1v) is 12.9. The summed E-state index contributed by atoms with van der Waals surface area (Å²) in [6.45, 7) is 3.88. The molecule has 0 radical (unpaired) electrons. The molecule has 0 aliphatic carbocycles. The first kappa shape index (κ1) is 26.9. The van der Waals surface area contributed by atoms with Gasteiger partial charge >= 0.3 is 0 Å². The van der Waals surface area contributed by atoms with Gasteiger partial charge in [-0.1, -0.05) is 6.07 Å². The molecule has 3 heterocycles. The lowest BCUT2D eigenvalue weighted by Gasteiger charge is -2.29. The molecule has 2 atom stereocenters. The number of hydrogen-bond donors (Lipinski definition) is 1. The number of aromatic nitrogens is 2. The van der Waals surface area contributed by atoms with E-state index in [2.05, 4.69) is 10.3 Å². The van der Waals surface area contributed by atoms with E-state index in [0.29, 0.717) is 28.0 Å². The van der Waals surface area contributed by atoms with Crippen LogP contribution in [0.4, 0.5) is 11.4 Å². The van der Waals surface area contributed by atoms with E-state index in [1.807, 2.05) is 65.8 Å². The predicted octanol–water partition coefficient (Wildman–Crippen LogP) is 5.60. The van der Waals surface area contributed by atoms with Gasteiger partial charge in [-0.15, -0.1) is 0 Å². The average Bonchev–Trinajstić information content (AvgIpc) is 3.47. The Morgan fingerprint density at radius 1 is 0.950 bits per heavy atom. The molecule has 0 saturated carbocycles. The number of nitro groups is 1. The van der Waals surface area contributed by atoms with Crippen molar-refractivity contribution in [2.45, 2.75) is 25.9 Å². The van der Waals surface area contributed by atoms with Crippen molar-refractivity contribution in [2.75, 3.05) is 26.2 Å². The van der Waals surface area contributed by atoms with Crippen LogP contribution in [0.1, 0.15) is 34.7 Å². The second-order valence-corrected chi connectivity index (χ2v) is 9.69. The van der Waals surface area contributed by atoms with Gasteiger partial charge in [-0.2, -0.15) is 0 Å². The molecule has 0 amide bonds. The molecule has 4 aromatic rings. The molecule has 2 aromatic heterocycles. The fourth-order valence-electron chi connectivity index (χ4n) is 5.34. The Morgan fingerprint density at radius 3 is 2.33 bits per heavy atom. The number of anilines is 1. The summed E-state index contributed by atoms with van der Waals surface area (Å²) >= 11 is 5.90. The van der Waals surface area contributed by atoms with Crippen molar-refractivity contribution in [1.82, 2.24) is 14.9 Å². The van der Waals surface area contributed by atoms with Crippen LogP contribution in [0, 0.1) is 24.0 Å². The number of nitro benzene ring substituents is 1. The third kappa shape index (κ3) is 4.58. The quantitative estimate of drug-likeness (QED) is 0.168. The molecular formula is C29H29N5O5S. The summed E-state index contributed by atoms with van der Waals surface area (Å²) < 4.78 is 18.4. The van der Waals surface area contributed by atoms with Crippen LogP contribution in [-0.2, 0) is 0 Å². The third-order valence-electron chi connectivity index (χ3n) is 7.15. The standard InChI is InChI=1S/C29H29N5O5S/c1-17-14-21(18(2)32(17)23-11-9-19(37-3)15-24(23)34(35)36)28-27(22-8-6-7-13-30-22)31-29(40)33(28)25-16-20(38-4)10-12-26(25)39-5/h6-16,27-28H,1-5H3,(H,31,40)/t27-,28+/m0/s1. The van der Waals surface area contributed by atoms with Gasteiger partial charge in [0.15, 0.2) is 5.11 Å². The summed E-state index contributed by atoms with van der Waals surface area (Å²) in [7, 11) is 4.70. The summed E-state index contributed by atoms with van der Waals surface area (Å²) in [5.41, 5.74) is 4.50. The number of nitrogens with one attached hydrogen (secondary N) is 1. The highest BCUT2D eigenvalue weighted by molar-refractivity contribution is 7.80. The van der Waals surface area contributed by atoms with Crippen LogP contribution in [-0.4, -0.2) is 40.9 Å². The molecule has 0 bridgehead atoms. The fraction of sp³-hybridized carbons (Fsp3) is 0.241. The van der Waals surface area contributed by atoms with Gasteiger partial charge < -0.3 is 29.0 Å². The average molecular weight is 560 g/mol. The topological polar surface area (TPSA) is 104 Å². The number of hydrogen-bond acceptors (Lipinski definition) is 7. The van der Waals surface area contributed by atoms with Gasteiger partial charge in [0.1, 0.15) is 22.9 Å². The molecular weight excluding hydrogens is 530 g/mol. The van der Waals surface area contributed by atoms with Crippen molar-refractivity contribution < 1.29 is 19.1 Å². The second kappa shape index (κ2) is 10.9. The van der Waals surface area contributed by atoms with Gasteiger partial charge in [-0.3, -0.25) is 15.1 Å². The van der Waals surface area contributed by atoms with Crippen LogP contribution < -0.4 is 24.4 Å². The molecule has 1 saturated heterocycles. The van der Waals surface area contributed by atoms with E-state index in [0.717, 1.165) is 28.3 Å². The van der Waals surface area contributed by atoms with Crippen LogP contribution >= 0.6 is 12.2 Å². The molecule has 40 heavy (non-hydrogen) atoms. The van der Waals surface area contributed by atoms with Crippen molar-refractivity contribution in [3.05, 3.63) is 99.6 Å². The Hall–Kier alpha value is -4.64. The summed E-state index contributed by atoms with van der Waals surface area (Å²) in [5.74, 6) is 1.68. The maximum absolute atomic E-state index is 12.1. The minimum absolute atomic E-state index is 0.0552. The largest absolute Gasteiger partial charge is 0.497 e. The van der Waals surface area contributed by atoms with Crippen LogP contribution in [0.2, 0.25) is 0 Å². The fourth-order valence-corrected chi connectivity index (χ4v) is 5.68. The molecule has 10 nitrogen and oxygen atoms in total. The van der Waals surface area contributed by atoms with Gasteiger partial charge in [0.25, 0.3) is 5.69 Å².